The molecule has 3 heterocycles. The SMILES string of the molecule is C=C(N[C@H]1CCOC[C@@H]1O)c1cc(Cc2ccc(C=O)nc2)c2cccc(F)c2n1. The highest BCUT2D eigenvalue weighted by Gasteiger charge is 2.24. The van der Waals surface area contributed by atoms with Crippen LogP contribution in [0.2, 0.25) is 0 Å². The number of aldehydes is 1. The number of aliphatic hydroxyl groups excluding tert-OH is 1. The van der Waals surface area contributed by atoms with Gasteiger partial charge < -0.3 is 15.2 Å². The van der Waals surface area contributed by atoms with Crippen LogP contribution in [0.3, 0.4) is 0 Å². The fourth-order valence-electron chi connectivity index (χ4n) is 3.60. The Hall–Kier alpha value is -3.16. The molecule has 6 nitrogen and oxygen atoms in total. The van der Waals surface area contributed by atoms with Crippen LogP contribution in [0.25, 0.3) is 16.6 Å². The smallest absolute Gasteiger partial charge is 0.168 e. The van der Waals surface area contributed by atoms with Gasteiger partial charge in [0.15, 0.2) is 6.29 Å². The highest BCUT2D eigenvalue weighted by atomic mass is 19.1. The first-order chi connectivity index (χ1) is 14.5. The molecule has 0 saturated carbocycles. The zero-order chi connectivity index (χ0) is 21.1. The van der Waals surface area contributed by atoms with Gasteiger partial charge in [-0.15, -0.1) is 0 Å². The van der Waals surface area contributed by atoms with E-state index >= 15 is 0 Å². The zero-order valence-electron chi connectivity index (χ0n) is 16.3. The molecule has 2 N–H and O–H groups in total. The van der Waals surface area contributed by atoms with Crippen LogP contribution in [0.5, 0.6) is 0 Å². The Morgan fingerprint density at radius 3 is 2.97 bits per heavy atom. The largest absolute Gasteiger partial charge is 0.389 e. The Balaban J connectivity index is 1.68. The predicted octanol–water partition coefficient (Wildman–Crippen LogP) is 2.88. The summed E-state index contributed by atoms with van der Waals surface area (Å²) in [6, 6.07) is 10.0. The predicted molar refractivity (Wildman–Crippen MR) is 112 cm³/mol. The molecule has 154 valence electrons. The molecule has 0 bridgehead atoms. The van der Waals surface area contributed by atoms with Crippen LogP contribution < -0.4 is 5.32 Å². The van der Waals surface area contributed by atoms with E-state index in [4.69, 9.17) is 4.74 Å². The number of carbonyl (C=O) groups excluding carboxylic acids is 1. The lowest BCUT2D eigenvalue weighted by Gasteiger charge is -2.30. The molecule has 1 fully saturated rings. The first kappa shape index (κ1) is 20.1. The van der Waals surface area contributed by atoms with Crippen LogP contribution in [0.15, 0.2) is 49.2 Å². The fraction of sp³-hybridized carbons (Fsp3) is 0.261. The zero-order valence-corrected chi connectivity index (χ0v) is 16.3. The Morgan fingerprint density at radius 1 is 1.37 bits per heavy atom. The number of ether oxygens (including phenoxy) is 1. The molecule has 0 amide bonds. The molecule has 3 aromatic rings. The monoisotopic (exact) mass is 407 g/mol. The van der Waals surface area contributed by atoms with Crippen molar-refractivity contribution in [3.63, 3.8) is 0 Å². The van der Waals surface area contributed by atoms with Gasteiger partial charge in [0.25, 0.3) is 0 Å². The topological polar surface area (TPSA) is 84.3 Å². The number of aliphatic hydroxyl groups is 1. The lowest BCUT2D eigenvalue weighted by atomic mass is 9.99. The second kappa shape index (κ2) is 8.69. The molecule has 0 spiro atoms. The fourth-order valence-corrected chi connectivity index (χ4v) is 3.60. The number of hydrogen-bond donors (Lipinski definition) is 2. The number of para-hydroxylation sites is 1. The summed E-state index contributed by atoms with van der Waals surface area (Å²) in [6.45, 7) is 4.88. The minimum absolute atomic E-state index is 0.201. The van der Waals surface area contributed by atoms with Gasteiger partial charge in [0, 0.05) is 18.2 Å². The Kier molecular flexibility index (Phi) is 5.83. The number of pyridine rings is 2. The van der Waals surface area contributed by atoms with Crippen LogP contribution in [0, 0.1) is 5.82 Å². The van der Waals surface area contributed by atoms with Gasteiger partial charge in [0.2, 0.25) is 0 Å². The lowest BCUT2D eigenvalue weighted by Crippen LogP contribution is -2.45. The Labute approximate surface area is 173 Å². The van der Waals surface area contributed by atoms with E-state index in [-0.39, 0.29) is 18.2 Å². The molecule has 1 aromatic carbocycles. The summed E-state index contributed by atoms with van der Waals surface area (Å²) in [5.74, 6) is -0.413. The minimum atomic E-state index is -0.644. The van der Waals surface area contributed by atoms with Crippen molar-refractivity contribution in [2.75, 3.05) is 13.2 Å². The maximum Gasteiger partial charge on any atom is 0.168 e. The van der Waals surface area contributed by atoms with Gasteiger partial charge in [-0.3, -0.25) is 9.78 Å². The minimum Gasteiger partial charge on any atom is -0.389 e. The van der Waals surface area contributed by atoms with Crippen molar-refractivity contribution in [2.45, 2.75) is 25.0 Å². The summed E-state index contributed by atoms with van der Waals surface area (Å²) in [5.41, 5.74) is 3.41. The van der Waals surface area contributed by atoms with Gasteiger partial charge in [-0.1, -0.05) is 24.8 Å². The highest BCUT2D eigenvalue weighted by molar-refractivity contribution is 5.85. The summed E-state index contributed by atoms with van der Waals surface area (Å²) in [6.07, 6.45) is 2.83. The number of rotatable bonds is 6. The molecule has 4 rings (SSSR count). The average Bonchev–Trinajstić information content (AvgIpc) is 2.76. The van der Waals surface area contributed by atoms with Gasteiger partial charge in [-0.25, -0.2) is 9.37 Å². The van der Waals surface area contributed by atoms with E-state index < -0.39 is 11.9 Å². The molecule has 7 heteroatoms. The van der Waals surface area contributed by atoms with Crippen LogP contribution >= 0.6 is 0 Å². The van der Waals surface area contributed by atoms with E-state index in [0.717, 1.165) is 11.1 Å². The van der Waals surface area contributed by atoms with E-state index in [9.17, 15) is 14.3 Å². The number of hydrogen-bond acceptors (Lipinski definition) is 6. The maximum absolute atomic E-state index is 14.5. The van der Waals surface area contributed by atoms with Gasteiger partial charge in [-0.05, 0) is 42.2 Å². The summed E-state index contributed by atoms with van der Waals surface area (Å²) in [7, 11) is 0. The summed E-state index contributed by atoms with van der Waals surface area (Å²) >= 11 is 0. The number of halogens is 1. The third-order valence-electron chi connectivity index (χ3n) is 5.23. The molecular formula is C23H22FN3O3. The van der Waals surface area contributed by atoms with E-state index in [0.29, 0.717) is 48.2 Å². The van der Waals surface area contributed by atoms with Crippen molar-refractivity contribution < 1.29 is 19.0 Å². The molecule has 1 aliphatic heterocycles. The molecule has 30 heavy (non-hydrogen) atoms. The maximum atomic E-state index is 14.5. The number of nitrogens with one attached hydrogen (secondary N) is 1. The molecular weight excluding hydrogens is 385 g/mol. The van der Waals surface area contributed by atoms with Gasteiger partial charge in [0.1, 0.15) is 17.0 Å². The van der Waals surface area contributed by atoms with Crippen molar-refractivity contribution >= 4 is 22.9 Å². The molecule has 0 radical (unpaired) electrons. The Bertz CT molecular complexity index is 1080. The first-order valence-electron chi connectivity index (χ1n) is 9.75. The van der Waals surface area contributed by atoms with Crippen LogP contribution in [0.1, 0.15) is 33.7 Å². The van der Waals surface area contributed by atoms with Crippen molar-refractivity contribution in [1.82, 2.24) is 15.3 Å². The lowest BCUT2D eigenvalue weighted by molar-refractivity contribution is -0.0237. The Morgan fingerprint density at radius 2 is 2.23 bits per heavy atom. The average molecular weight is 407 g/mol. The summed E-state index contributed by atoms with van der Waals surface area (Å²) in [4.78, 5) is 19.4. The molecule has 0 aliphatic carbocycles. The normalized spacial score (nSPS) is 18.9. The van der Waals surface area contributed by atoms with E-state index in [1.807, 2.05) is 18.2 Å². The number of nitrogens with zero attached hydrogens (tertiary/aromatic N) is 2. The van der Waals surface area contributed by atoms with Crippen molar-refractivity contribution in [1.29, 1.82) is 0 Å². The quantitative estimate of drug-likeness (QED) is 0.612. The van der Waals surface area contributed by atoms with Crippen molar-refractivity contribution in [2.24, 2.45) is 0 Å². The summed E-state index contributed by atoms with van der Waals surface area (Å²) < 4.78 is 19.8. The van der Waals surface area contributed by atoms with E-state index in [1.165, 1.54) is 6.07 Å². The molecule has 1 aliphatic rings. The van der Waals surface area contributed by atoms with Gasteiger partial charge >= 0.3 is 0 Å². The van der Waals surface area contributed by atoms with Crippen LogP contribution in [0.4, 0.5) is 4.39 Å². The summed E-state index contributed by atoms with van der Waals surface area (Å²) in [5, 5.41) is 14.1. The van der Waals surface area contributed by atoms with Gasteiger partial charge in [0.05, 0.1) is 30.1 Å². The van der Waals surface area contributed by atoms with Crippen molar-refractivity contribution in [3.8, 4) is 0 Å². The van der Waals surface area contributed by atoms with E-state index in [2.05, 4.69) is 21.9 Å². The third-order valence-corrected chi connectivity index (χ3v) is 5.23. The van der Waals surface area contributed by atoms with Crippen LogP contribution in [-0.4, -0.2) is 46.7 Å². The second-order valence-corrected chi connectivity index (χ2v) is 7.35. The third kappa shape index (κ3) is 4.22. The first-order valence-corrected chi connectivity index (χ1v) is 9.75. The molecule has 2 aromatic heterocycles. The molecule has 0 unspecified atom stereocenters. The number of carbonyl (C=O) groups is 1. The number of fused-ring (bicyclic) bond motifs is 1. The van der Waals surface area contributed by atoms with Gasteiger partial charge in [-0.2, -0.15) is 0 Å². The number of benzene rings is 1. The van der Waals surface area contributed by atoms with E-state index in [1.54, 1.807) is 18.3 Å². The standard InChI is InChI=1S/C23H22FN3O3/c1-14(26-20-7-8-30-13-22(20)29)21-10-16(9-15-5-6-17(12-28)25-11-15)18-3-2-4-19(24)23(18)27-21/h2-6,10-12,20,22,26,29H,1,7-9,13H2/t20-,22-/m0/s1. The number of aromatic nitrogens is 2. The second-order valence-electron chi connectivity index (χ2n) is 7.35. The molecule has 1 saturated heterocycles. The van der Waals surface area contributed by atoms with Crippen LogP contribution in [-0.2, 0) is 11.2 Å². The van der Waals surface area contributed by atoms with Crippen molar-refractivity contribution in [3.05, 3.63) is 77.5 Å². The highest BCUT2D eigenvalue weighted by Crippen LogP contribution is 2.26. The molecule has 2 atom stereocenters.